The van der Waals surface area contributed by atoms with Gasteiger partial charge in [0.05, 0.1) is 17.5 Å². The first-order chi connectivity index (χ1) is 8.58. The standard InChI is InChI=1S/C10H9FN4O2S/c1-15-10(18-5-8(16)17)13-9(14-15)6-2-3-12-4-7(6)11/h2-4H,5H2,1H3,(H,16,17). The molecule has 0 amide bonds. The molecule has 8 heteroatoms. The quantitative estimate of drug-likeness (QED) is 0.839. The van der Waals surface area contributed by atoms with Crippen molar-refractivity contribution in [3.63, 3.8) is 0 Å². The third-order valence-corrected chi connectivity index (χ3v) is 3.07. The molecule has 94 valence electrons. The van der Waals surface area contributed by atoms with E-state index >= 15 is 0 Å². The first-order valence-electron chi connectivity index (χ1n) is 4.93. The van der Waals surface area contributed by atoms with Crippen LogP contribution in [0.25, 0.3) is 11.4 Å². The van der Waals surface area contributed by atoms with Crippen LogP contribution < -0.4 is 0 Å². The van der Waals surface area contributed by atoms with Crippen molar-refractivity contribution >= 4 is 17.7 Å². The highest BCUT2D eigenvalue weighted by Crippen LogP contribution is 2.22. The van der Waals surface area contributed by atoms with Gasteiger partial charge in [0, 0.05) is 13.2 Å². The number of carboxylic acids is 1. The number of carboxylic acid groups (broad SMARTS) is 1. The van der Waals surface area contributed by atoms with Gasteiger partial charge in [-0.25, -0.2) is 14.1 Å². The molecule has 0 atom stereocenters. The first-order valence-corrected chi connectivity index (χ1v) is 5.92. The molecule has 0 spiro atoms. The summed E-state index contributed by atoms with van der Waals surface area (Å²) in [5.41, 5.74) is 0.239. The van der Waals surface area contributed by atoms with E-state index in [1.165, 1.54) is 16.9 Å². The van der Waals surface area contributed by atoms with E-state index in [1.54, 1.807) is 7.05 Å². The molecular weight excluding hydrogens is 259 g/mol. The molecule has 2 aromatic heterocycles. The molecule has 0 bridgehead atoms. The van der Waals surface area contributed by atoms with Crippen LogP contribution in [0.3, 0.4) is 0 Å². The smallest absolute Gasteiger partial charge is 0.313 e. The fourth-order valence-corrected chi connectivity index (χ4v) is 1.92. The molecule has 0 aliphatic heterocycles. The van der Waals surface area contributed by atoms with Crippen molar-refractivity contribution in [3.05, 3.63) is 24.3 Å². The molecule has 1 N–H and O–H groups in total. The molecule has 0 radical (unpaired) electrons. The zero-order valence-corrected chi connectivity index (χ0v) is 10.2. The van der Waals surface area contributed by atoms with Crippen LogP contribution in [0.15, 0.2) is 23.6 Å². The second kappa shape index (κ2) is 5.13. The lowest BCUT2D eigenvalue weighted by molar-refractivity contribution is -0.133. The van der Waals surface area contributed by atoms with Crippen LogP contribution in [-0.4, -0.2) is 36.6 Å². The number of aliphatic carboxylic acids is 1. The third-order valence-electron chi connectivity index (χ3n) is 2.06. The summed E-state index contributed by atoms with van der Waals surface area (Å²) in [6.07, 6.45) is 2.52. The molecule has 0 aliphatic carbocycles. The van der Waals surface area contributed by atoms with Gasteiger partial charge in [-0.3, -0.25) is 9.78 Å². The maximum absolute atomic E-state index is 13.5. The largest absolute Gasteiger partial charge is 0.481 e. The predicted octanol–water partition coefficient (Wildman–Crippen LogP) is 1.19. The van der Waals surface area contributed by atoms with Gasteiger partial charge in [-0.1, -0.05) is 11.8 Å². The van der Waals surface area contributed by atoms with Crippen LogP contribution >= 0.6 is 11.8 Å². The minimum absolute atomic E-state index is 0.120. The highest BCUT2D eigenvalue weighted by molar-refractivity contribution is 7.99. The van der Waals surface area contributed by atoms with Gasteiger partial charge in [-0.15, -0.1) is 0 Å². The fourth-order valence-electron chi connectivity index (χ4n) is 1.29. The Balaban J connectivity index is 2.29. The van der Waals surface area contributed by atoms with E-state index in [-0.39, 0.29) is 17.1 Å². The minimum Gasteiger partial charge on any atom is -0.481 e. The zero-order chi connectivity index (χ0) is 13.1. The van der Waals surface area contributed by atoms with Gasteiger partial charge < -0.3 is 5.11 Å². The van der Waals surface area contributed by atoms with Gasteiger partial charge in [0.25, 0.3) is 0 Å². The summed E-state index contributed by atoms with van der Waals surface area (Å²) in [6, 6.07) is 1.47. The van der Waals surface area contributed by atoms with E-state index in [9.17, 15) is 9.18 Å². The fraction of sp³-hybridized carbons (Fsp3) is 0.200. The normalized spacial score (nSPS) is 10.6. The van der Waals surface area contributed by atoms with Gasteiger partial charge in [0.15, 0.2) is 16.8 Å². The van der Waals surface area contributed by atoms with Gasteiger partial charge in [-0.2, -0.15) is 5.10 Å². The Morgan fingerprint density at radius 3 is 3.06 bits per heavy atom. The van der Waals surface area contributed by atoms with Crippen LogP contribution in [0.2, 0.25) is 0 Å². The lowest BCUT2D eigenvalue weighted by atomic mass is 10.2. The van der Waals surface area contributed by atoms with E-state index < -0.39 is 11.8 Å². The van der Waals surface area contributed by atoms with Crippen molar-refractivity contribution in [2.24, 2.45) is 7.05 Å². The van der Waals surface area contributed by atoms with Crippen molar-refractivity contribution in [1.82, 2.24) is 19.7 Å². The lowest BCUT2D eigenvalue weighted by Gasteiger charge is -1.94. The van der Waals surface area contributed by atoms with Gasteiger partial charge in [0.2, 0.25) is 0 Å². The lowest BCUT2D eigenvalue weighted by Crippen LogP contribution is -2.00. The molecule has 18 heavy (non-hydrogen) atoms. The number of hydrogen-bond acceptors (Lipinski definition) is 5. The summed E-state index contributed by atoms with van der Waals surface area (Å²) in [4.78, 5) is 18.2. The SMILES string of the molecule is Cn1nc(-c2ccncc2F)nc1SCC(=O)O. The van der Waals surface area contributed by atoms with E-state index in [1.807, 2.05) is 0 Å². The molecule has 2 rings (SSSR count). The van der Waals surface area contributed by atoms with Gasteiger partial charge >= 0.3 is 5.97 Å². The van der Waals surface area contributed by atoms with E-state index in [0.29, 0.717) is 5.16 Å². The Morgan fingerprint density at radius 2 is 2.39 bits per heavy atom. The Morgan fingerprint density at radius 1 is 1.61 bits per heavy atom. The second-order valence-electron chi connectivity index (χ2n) is 3.38. The number of pyridine rings is 1. The van der Waals surface area contributed by atoms with Crippen LogP contribution in [0.1, 0.15) is 0 Å². The number of nitrogens with zero attached hydrogens (tertiary/aromatic N) is 4. The number of carbonyl (C=O) groups is 1. The second-order valence-corrected chi connectivity index (χ2v) is 4.32. The molecule has 2 heterocycles. The molecule has 0 aromatic carbocycles. The van der Waals surface area contributed by atoms with E-state index in [0.717, 1.165) is 18.0 Å². The Hall–Kier alpha value is -1.96. The van der Waals surface area contributed by atoms with Crippen LogP contribution in [0.4, 0.5) is 4.39 Å². The summed E-state index contributed by atoms with van der Waals surface area (Å²) in [5, 5.41) is 13.1. The average Bonchev–Trinajstić information content (AvgIpc) is 2.68. The first kappa shape index (κ1) is 12.5. The molecular formula is C10H9FN4O2S. The maximum Gasteiger partial charge on any atom is 0.313 e. The zero-order valence-electron chi connectivity index (χ0n) is 9.37. The number of aromatic nitrogens is 4. The summed E-state index contributed by atoms with van der Waals surface area (Å²) < 4.78 is 14.9. The van der Waals surface area contributed by atoms with E-state index in [2.05, 4.69) is 15.1 Å². The van der Waals surface area contributed by atoms with Crippen molar-refractivity contribution in [2.45, 2.75) is 5.16 Å². The molecule has 0 unspecified atom stereocenters. The summed E-state index contributed by atoms with van der Waals surface area (Å²) >= 11 is 1.03. The van der Waals surface area contributed by atoms with Crippen molar-refractivity contribution in [2.75, 3.05) is 5.75 Å². The molecule has 0 saturated heterocycles. The van der Waals surface area contributed by atoms with Crippen LogP contribution in [-0.2, 0) is 11.8 Å². The number of aryl methyl sites for hydroxylation is 1. The molecule has 6 nitrogen and oxygen atoms in total. The van der Waals surface area contributed by atoms with Crippen molar-refractivity contribution < 1.29 is 14.3 Å². The van der Waals surface area contributed by atoms with E-state index in [4.69, 9.17) is 5.11 Å². The van der Waals surface area contributed by atoms with Crippen LogP contribution in [0.5, 0.6) is 0 Å². The van der Waals surface area contributed by atoms with Crippen LogP contribution in [0, 0.1) is 5.82 Å². The minimum atomic E-state index is -0.945. The topological polar surface area (TPSA) is 80.9 Å². The molecule has 0 fully saturated rings. The number of hydrogen-bond donors (Lipinski definition) is 1. The summed E-state index contributed by atoms with van der Waals surface area (Å²) in [6.45, 7) is 0. The maximum atomic E-state index is 13.5. The molecule has 0 aliphatic rings. The molecule has 0 saturated carbocycles. The predicted molar refractivity (Wildman–Crippen MR) is 62.6 cm³/mol. The highest BCUT2D eigenvalue weighted by atomic mass is 32.2. The average molecular weight is 268 g/mol. The molecule has 2 aromatic rings. The monoisotopic (exact) mass is 268 g/mol. The summed E-state index contributed by atoms with van der Waals surface area (Å²) in [7, 11) is 1.62. The van der Waals surface area contributed by atoms with Crippen molar-refractivity contribution in [3.8, 4) is 11.4 Å². The highest BCUT2D eigenvalue weighted by Gasteiger charge is 2.14. The summed E-state index contributed by atoms with van der Waals surface area (Å²) in [5.74, 6) is -1.37. The number of halogens is 1. The van der Waals surface area contributed by atoms with Gasteiger partial charge in [-0.05, 0) is 6.07 Å². The third kappa shape index (κ3) is 2.65. The Kier molecular flexibility index (Phi) is 3.56. The number of rotatable bonds is 4. The Bertz CT molecular complexity index is 587. The Labute approximate surface area is 106 Å². The number of thioether (sulfide) groups is 1. The van der Waals surface area contributed by atoms with Crippen molar-refractivity contribution in [1.29, 1.82) is 0 Å². The van der Waals surface area contributed by atoms with Gasteiger partial charge in [0.1, 0.15) is 0 Å².